The summed E-state index contributed by atoms with van der Waals surface area (Å²) in [5.41, 5.74) is 3.99. The minimum absolute atomic E-state index is 0.139. The minimum Gasteiger partial charge on any atom is -0.348 e. The highest BCUT2D eigenvalue weighted by Gasteiger charge is 2.38. The number of carbonyl (C=O) groups excluding carboxylic acids is 1. The Morgan fingerprint density at radius 3 is 2.89 bits per heavy atom. The van der Waals surface area contributed by atoms with Crippen molar-refractivity contribution in [3.05, 3.63) is 35.2 Å². The Morgan fingerprint density at radius 2 is 2.15 bits per heavy atom. The fraction of sp³-hybridized carbons (Fsp3) is 0.650. The fourth-order valence-corrected chi connectivity index (χ4v) is 4.57. The molecule has 2 bridgehead atoms. The zero-order chi connectivity index (χ0) is 19.0. The van der Waals surface area contributed by atoms with Crippen molar-refractivity contribution in [3.8, 4) is 0 Å². The number of imidazole rings is 1. The summed E-state index contributed by atoms with van der Waals surface area (Å²) >= 11 is 0. The first-order chi connectivity index (χ1) is 13.0. The third-order valence-corrected chi connectivity index (χ3v) is 6.01. The molecule has 1 N–H and O–H groups in total. The van der Waals surface area contributed by atoms with Gasteiger partial charge in [-0.25, -0.2) is 4.98 Å². The molecule has 0 aromatic carbocycles. The second kappa shape index (κ2) is 7.46. The highest BCUT2D eigenvalue weighted by Crippen LogP contribution is 2.30. The van der Waals surface area contributed by atoms with Crippen LogP contribution in [0.25, 0.3) is 0 Å². The standard InChI is InChI=1S/C20H30N6O/c1-4-5-16-8-19(24(3)23-16)20(27)26-10-15-6-7-17(26)11-25(9-15)12-18-14(2)21-13-22-18/h8,13,15,17H,4-7,9-12H2,1-3H3,(H,21,22)/t15-,17+/m0/s1. The van der Waals surface area contributed by atoms with Crippen LogP contribution in [0.2, 0.25) is 0 Å². The van der Waals surface area contributed by atoms with Gasteiger partial charge in [-0.3, -0.25) is 14.4 Å². The summed E-state index contributed by atoms with van der Waals surface area (Å²) in [6.45, 7) is 7.89. The van der Waals surface area contributed by atoms with E-state index in [1.54, 1.807) is 11.0 Å². The molecule has 5 rings (SSSR count). The molecule has 3 fully saturated rings. The first-order valence-corrected chi connectivity index (χ1v) is 10.1. The Morgan fingerprint density at radius 1 is 1.30 bits per heavy atom. The lowest BCUT2D eigenvalue weighted by molar-refractivity contribution is 0.0573. The summed E-state index contributed by atoms with van der Waals surface area (Å²) in [5.74, 6) is 0.676. The van der Waals surface area contributed by atoms with E-state index >= 15 is 0 Å². The van der Waals surface area contributed by atoms with Gasteiger partial charge >= 0.3 is 0 Å². The fourth-order valence-electron chi connectivity index (χ4n) is 4.57. The number of aromatic amines is 1. The molecule has 2 aromatic rings. The summed E-state index contributed by atoms with van der Waals surface area (Å²) in [7, 11) is 1.88. The normalized spacial score (nSPS) is 23.0. The average molecular weight is 371 g/mol. The number of rotatable bonds is 5. The molecule has 3 aliphatic rings. The monoisotopic (exact) mass is 370 g/mol. The maximum atomic E-state index is 13.3. The van der Waals surface area contributed by atoms with E-state index < -0.39 is 0 Å². The number of hydrogen-bond donors (Lipinski definition) is 1. The summed E-state index contributed by atoms with van der Waals surface area (Å²) in [6.07, 6.45) is 6.02. The van der Waals surface area contributed by atoms with Gasteiger partial charge in [0.2, 0.25) is 0 Å². The molecule has 7 heteroatoms. The van der Waals surface area contributed by atoms with Crippen LogP contribution in [0.4, 0.5) is 0 Å². The van der Waals surface area contributed by atoms with E-state index in [0.717, 1.165) is 68.2 Å². The minimum atomic E-state index is 0.139. The molecule has 0 spiro atoms. The number of nitrogens with one attached hydrogen (secondary N) is 1. The number of piperidine rings is 1. The van der Waals surface area contributed by atoms with Crippen LogP contribution in [0.3, 0.4) is 0 Å². The van der Waals surface area contributed by atoms with Gasteiger partial charge in [0.25, 0.3) is 5.91 Å². The zero-order valence-corrected chi connectivity index (χ0v) is 16.6. The van der Waals surface area contributed by atoms with E-state index in [1.807, 2.05) is 13.1 Å². The van der Waals surface area contributed by atoms with Crippen molar-refractivity contribution in [2.45, 2.75) is 52.1 Å². The number of aryl methyl sites for hydroxylation is 3. The molecule has 2 aromatic heterocycles. The quantitative estimate of drug-likeness (QED) is 0.875. The third kappa shape index (κ3) is 3.65. The SMILES string of the molecule is CCCc1cc(C(=O)N2C[C@H]3CC[C@@H]2CN(Cc2nc[nH]c2C)C3)n(C)n1. The van der Waals surface area contributed by atoms with Crippen molar-refractivity contribution in [2.24, 2.45) is 13.0 Å². The predicted octanol–water partition coefficient (Wildman–Crippen LogP) is 2.14. The van der Waals surface area contributed by atoms with E-state index in [9.17, 15) is 4.79 Å². The number of amides is 1. The molecule has 0 radical (unpaired) electrons. The molecule has 1 amide bonds. The van der Waals surface area contributed by atoms with Gasteiger partial charge in [-0.05, 0) is 38.2 Å². The first-order valence-electron chi connectivity index (χ1n) is 10.1. The number of H-pyrrole nitrogens is 1. The van der Waals surface area contributed by atoms with Crippen LogP contribution >= 0.6 is 0 Å². The second-order valence-electron chi connectivity index (χ2n) is 8.12. The van der Waals surface area contributed by atoms with Crippen LogP contribution in [0.1, 0.15) is 53.8 Å². The highest BCUT2D eigenvalue weighted by atomic mass is 16.2. The van der Waals surface area contributed by atoms with Crippen molar-refractivity contribution in [3.63, 3.8) is 0 Å². The molecule has 27 heavy (non-hydrogen) atoms. The molecule has 0 unspecified atom stereocenters. The van der Waals surface area contributed by atoms with Gasteiger partial charge in [-0.15, -0.1) is 0 Å². The van der Waals surface area contributed by atoms with Crippen molar-refractivity contribution >= 4 is 5.91 Å². The van der Waals surface area contributed by atoms with E-state index in [2.05, 4.69) is 38.7 Å². The van der Waals surface area contributed by atoms with Crippen LogP contribution in [0.5, 0.6) is 0 Å². The van der Waals surface area contributed by atoms with E-state index in [1.165, 1.54) is 6.42 Å². The molecule has 3 saturated heterocycles. The Bertz CT molecular complexity index is 809. The molecule has 0 saturated carbocycles. The third-order valence-electron chi connectivity index (χ3n) is 6.01. The smallest absolute Gasteiger partial charge is 0.272 e. The Labute approximate surface area is 160 Å². The van der Waals surface area contributed by atoms with E-state index in [-0.39, 0.29) is 11.9 Å². The number of aromatic nitrogens is 4. The van der Waals surface area contributed by atoms with Crippen LogP contribution in [-0.2, 0) is 20.0 Å². The lowest BCUT2D eigenvalue weighted by Gasteiger charge is -2.36. The molecule has 146 valence electrons. The number of nitrogens with zero attached hydrogens (tertiary/aromatic N) is 5. The van der Waals surface area contributed by atoms with Crippen LogP contribution in [0.15, 0.2) is 12.4 Å². The number of hydrogen-bond acceptors (Lipinski definition) is 4. The molecule has 2 atom stereocenters. The lowest BCUT2D eigenvalue weighted by Crippen LogP contribution is -2.47. The number of fused-ring (bicyclic) bond motifs is 4. The zero-order valence-electron chi connectivity index (χ0n) is 16.6. The van der Waals surface area contributed by atoms with Gasteiger partial charge in [0.05, 0.1) is 17.7 Å². The van der Waals surface area contributed by atoms with Gasteiger partial charge in [0.1, 0.15) is 5.69 Å². The largest absolute Gasteiger partial charge is 0.348 e. The lowest BCUT2D eigenvalue weighted by atomic mass is 9.94. The van der Waals surface area contributed by atoms with Crippen molar-refractivity contribution in [2.75, 3.05) is 19.6 Å². The van der Waals surface area contributed by atoms with Crippen molar-refractivity contribution in [1.29, 1.82) is 0 Å². The molecular weight excluding hydrogens is 340 g/mol. The summed E-state index contributed by atoms with van der Waals surface area (Å²) in [5, 5.41) is 4.52. The van der Waals surface area contributed by atoms with Crippen molar-refractivity contribution < 1.29 is 4.79 Å². The van der Waals surface area contributed by atoms with Gasteiger partial charge in [-0.1, -0.05) is 13.3 Å². The maximum Gasteiger partial charge on any atom is 0.272 e. The molecule has 7 nitrogen and oxygen atoms in total. The first kappa shape index (κ1) is 18.2. The average Bonchev–Trinajstić information content (AvgIpc) is 3.08. The van der Waals surface area contributed by atoms with E-state index in [4.69, 9.17) is 0 Å². The second-order valence-corrected chi connectivity index (χ2v) is 8.12. The van der Waals surface area contributed by atoms with Gasteiger partial charge in [0.15, 0.2) is 0 Å². The van der Waals surface area contributed by atoms with Crippen LogP contribution in [0, 0.1) is 12.8 Å². The molecule has 3 aliphatic heterocycles. The van der Waals surface area contributed by atoms with Crippen molar-refractivity contribution in [1.82, 2.24) is 29.5 Å². The molecule has 0 aliphatic carbocycles. The molecule has 5 heterocycles. The Balaban J connectivity index is 1.50. The highest BCUT2D eigenvalue weighted by molar-refractivity contribution is 5.93. The van der Waals surface area contributed by atoms with Gasteiger partial charge < -0.3 is 9.88 Å². The van der Waals surface area contributed by atoms with Crippen LogP contribution < -0.4 is 0 Å². The Hall–Kier alpha value is -2.15. The molecular formula is C20H30N6O. The summed E-state index contributed by atoms with van der Waals surface area (Å²) in [6, 6.07) is 2.26. The summed E-state index contributed by atoms with van der Waals surface area (Å²) in [4.78, 5) is 25.5. The Kier molecular flexibility index (Phi) is 5.04. The topological polar surface area (TPSA) is 70.1 Å². The number of carbonyl (C=O) groups is 1. The van der Waals surface area contributed by atoms with Gasteiger partial charge in [-0.2, -0.15) is 5.10 Å². The van der Waals surface area contributed by atoms with Gasteiger partial charge in [0, 0.05) is 45.0 Å². The van der Waals surface area contributed by atoms with Crippen LogP contribution in [-0.4, -0.2) is 61.1 Å². The predicted molar refractivity (Wildman–Crippen MR) is 103 cm³/mol. The van der Waals surface area contributed by atoms with E-state index in [0.29, 0.717) is 5.92 Å². The maximum absolute atomic E-state index is 13.3. The summed E-state index contributed by atoms with van der Waals surface area (Å²) < 4.78 is 1.76.